The first-order valence-electron chi connectivity index (χ1n) is 24.5. The van der Waals surface area contributed by atoms with Crippen LogP contribution in [0.4, 0.5) is 35.1 Å². The Morgan fingerprint density at radius 1 is 0.583 bits per heavy atom. The molecule has 2 heterocycles. The molecule has 0 aliphatic heterocycles. The number of hydrogen-bond donors (Lipinski definition) is 0. The quantitative estimate of drug-likeness (QED) is 0.0408. The van der Waals surface area contributed by atoms with Crippen molar-refractivity contribution in [2.45, 2.75) is 138 Å². The molecule has 4 aromatic carbocycles. The minimum absolute atomic E-state index is 0.0234. The molecule has 1 unspecified atom stereocenters. The lowest BCUT2D eigenvalue weighted by atomic mass is 9.72. The van der Waals surface area contributed by atoms with E-state index in [1.807, 2.05) is 78.4 Å². The van der Waals surface area contributed by atoms with Crippen molar-refractivity contribution in [3.05, 3.63) is 107 Å². The molecule has 0 spiro atoms. The van der Waals surface area contributed by atoms with Crippen molar-refractivity contribution < 1.29 is 58.9 Å². The van der Waals surface area contributed by atoms with Crippen molar-refractivity contribution in [1.29, 1.82) is 0 Å². The Morgan fingerprint density at radius 3 is 1.44 bits per heavy atom. The highest BCUT2D eigenvalue weighted by Gasteiger charge is 2.37. The number of rotatable bonds is 21. The predicted molar refractivity (Wildman–Crippen MR) is 267 cm³/mol. The number of aryl methyl sites for hydroxylation is 6. The number of esters is 1. The second kappa shape index (κ2) is 22.3. The van der Waals surface area contributed by atoms with Crippen LogP contribution in [-0.2, 0) is 41.2 Å². The van der Waals surface area contributed by atoms with Crippen LogP contribution < -0.4 is 9.47 Å². The van der Waals surface area contributed by atoms with Gasteiger partial charge in [0.2, 0.25) is 5.92 Å². The summed E-state index contributed by atoms with van der Waals surface area (Å²) in [5.74, 6) is -4.32. The summed E-state index contributed by atoms with van der Waals surface area (Å²) < 4.78 is 135. The summed E-state index contributed by atoms with van der Waals surface area (Å²) in [7, 11) is 3.57. The zero-order chi connectivity index (χ0) is 53.0. The molecule has 0 amide bonds. The van der Waals surface area contributed by atoms with E-state index in [0.717, 1.165) is 32.9 Å². The van der Waals surface area contributed by atoms with Gasteiger partial charge in [-0.2, -0.15) is 0 Å². The van der Waals surface area contributed by atoms with Crippen molar-refractivity contribution in [3.63, 3.8) is 0 Å². The van der Waals surface area contributed by atoms with E-state index >= 15 is 8.78 Å². The molecule has 6 rings (SSSR count). The fourth-order valence-electron chi connectivity index (χ4n) is 9.31. The van der Waals surface area contributed by atoms with E-state index in [0.29, 0.717) is 65.7 Å². The second-order valence-corrected chi connectivity index (χ2v) is 21.5. The molecule has 0 fully saturated rings. The van der Waals surface area contributed by atoms with Gasteiger partial charge in [-0.25, -0.2) is 8.78 Å². The van der Waals surface area contributed by atoms with Crippen LogP contribution in [0.15, 0.2) is 84.9 Å². The van der Waals surface area contributed by atoms with Crippen LogP contribution in [0.2, 0.25) is 0 Å². The van der Waals surface area contributed by atoms with E-state index in [1.165, 1.54) is 12.1 Å². The average molecular weight is 1010 g/mol. The summed E-state index contributed by atoms with van der Waals surface area (Å²) >= 11 is 0. The SMILES string of the molecule is Cc1ccc(-c2cc3ccc(CCC(CCc4ccc5cc(-c6ccc(C)cc6OC(F)(F)F)n(C)c5c4)OCCCC(F)(F)CCCOC(=O)C(CC(C)(C)C)C(C)(C)C)cc3n2C)c(OC(F)(F)F)c1. The highest BCUT2D eigenvalue weighted by atomic mass is 19.4. The fourth-order valence-corrected chi connectivity index (χ4v) is 9.31. The van der Waals surface area contributed by atoms with Crippen molar-refractivity contribution in [2.75, 3.05) is 13.2 Å². The molecule has 6 aromatic rings. The van der Waals surface area contributed by atoms with E-state index in [-0.39, 0.29) is 66.4 Å². The van der Waals surface area contributed by atoms with Crippen molar-refractivity contribution in [3.8, 4) is 34.0 Å². The van der Waals surface area contributed by atoms with Gasteiger partial charge in [-0.05, 0) is 140 Å². The highest BCUT2D eigenvalue weighted by molar-refractivity contribution is 5.90. The van der Waals surface area contributed by atoms with Gasteiger partial charge in [-0.3, -0.25) is 4.79 Å². The number of halogens is 8. The lowest BCUT2D eigenvalue weighted by molar-refractivity contribution is -0.275. The number of aromatic nitrogens is 2. The Bertz CT molecular complexity index is 2660. The third-order valence-electron chi connectivity index (χ3n) is 13.1. The summed E-state index contributed by atoms with van der Waals surface area (Å²) in [4.78, 5) is 13.0. The largest absolute Gasteiger partial charge is 0.573 e. The van der Waals surface area contributed by atoms with Crippen LogP contribution in [0, 0.1) is 30.6 Å². The summed E-state index contributed by atoms with van der Waals surface area (Å²) in [6, 6.07) is 24.8. The number of benzene rings is 4. The van der Waals surface area contributed by atoms with E-state index in [4.69, 9.17) is 9.47 Å². The molecule has 2 aromatic heterocycles. The number of carbonyl (C=O) groups is 1. The minimum atomic E-state index is -4.87. The maximum Gasteiger partial charge on any atom is 0.573 e. The Balaban J connectivity index is 1.15. The van der Waals surface area contributed by atoms with Crippen LogP contribution >= 0.6 is 0 Å². The average Bonchev–Trinajstić information content (AvgIpc) is 3.76. The smallest absolute Gasteiger partial charge is 0.465 e. The first-order chi connectivity index (χ1) is 33.4. The van der Waals surface area contributed by atoms with Crippen molar-refractivity contribution in [2.24, 2.45) is 30.8 Å². The van der Waals surface area contributed by atoms with Gasteiger partial charge in [0.05, 0.1) is 30.0 Å². The first kappa shape index (κ1) is 55.7. The molecular formula is C57H68F8N2O5. The number of carbonyl (C=O) groups excluding carboxylic acids is 1. The van der Waals surface area contributed by atoms with Crippen LogP contribution in [-0.4, -0.2) is 53.1 Å². The Morgan fingerprint density at radius 2 is 1.03 bits per heavy atom. The zero-order valence-corrected chi connectivity index (χ0v) is 43.0. The van der Waals surface area contributed by atoms with Crippen LogP contribution in [0.3, 0.4) is 0 Å². The summed E-state index contributed by atoms with van der Waals surface area (Å²) in [5.41, 5.74) is 5.94. The number of hydrogen-bond acceptors (Lipinski definition) is 5. The third kappa shape index (κ3) is 15.5. The molecule has 0 radical (unpaired) electrons. The van der Waals surface area contributed by atoms with Gasteiger partial charge >= 0.3 is 18.7 Å². The van der Waals surface area contributed by atoms with E-state index in [9.17, 15) is 31.1 Å². The Kier molecular flexibility index (Phi) is 17.2. The van der Waals surface area contributed by atoms with Crippen LogP contribution in [0.1, 0.15) is 109 Å². The Labute approximate surface area is 417 Å². The van der Waals surface area contributed by atoms with Crippen molar-refractivity contribution in [1.82, 2.24) is 9.13 Å². The number of ether oxygens (including phenoxy) is 4. The lowest BCUT2D eigenvalue weighted by Gasteiger charge is -2.33. The summed E-state index contributed by atoms with van der Waals surface area (Å²) in [5, 5.41) is 1.64. The molecule has 0 saturated carbocycles. The summed E-state index contributed by atoms with van der Waals surface area (Å²) in [6.45, 7) is 15.4. The van der Waals surface area contributed by atoms with E-state index in [2.05, 4.69) is 30.2 Å². The molecule has 1 atom stereocenters. The molecule has 72 heavy (non-hydrogen) atoms. The van der Waals surface area contributed by atoms with Gasteiger partial charge in [0, 0.05) is 66.5 Å². The highest BCUT2D eigenvalue weighted by Crippen LogP contribution is 2.41. The predicted octanol–water partition coefficient (Wildman–Crippen LogP) is 16.2. The molecule has 0 N–H and O–H groups in total. The maximum atomic E-state index is 15.2. The minimum Gasteiger partial charge on any atom is -0.465 e. The Hall–Kier alpha value is -5.57. The topological polar surface area (TPSA) is 63.9 Å². The molecule has 15 heteroatoms. The molecule has 392 valence electrons. The fraction of sp³-hybridized carbons (Fsp3) is 0.491. The van der Waals surface area contributed by atoms with Gasteiger partial charge in [-0.1, -0.05) is 77.9 Å². The molecule has 0 aliphatic carbocycles. The molecular weight excluding hydrogens is 945 g/mol. The summed E-state index contributed by atoms with van der Waals surface area (Å²) in [6.07, 6.45) is -8.05. The zero-order valence-electron chi connectivity index (χ0n) is 43.0. The monoisotopic (exact) mass is 1010 g/mol. The van der Waals surface area contributed by atoms with Crippen LogP contribution in [0.5, 0.6) is 11.5 Å². The van der Waals surface area contributed by atoms with E-state index in [1.54, 1.807) is 52.2 Å². The van der Waals surface area contributed by atoms with E-state index < -0.39 is 31.5 Å². The first-order valence-corrected chi connectivity index (χ1v) is 24.5. The second-order valence-electron chi connectivity index (χ2n) is 21.5. The third-order valence-corrected chi connectivity index (χ3v) is 13.1. The maximum absolute atomic E-state index is 15.2. The standard InChI is InChI=1S/C57H68F8N2O5/c1-36-13-23-43(50(29-36)71-56(60,61)62)48-33-40-19-15-38(31-46(40)66(48)9)17-21-42(69-27-11-25-55(58,59)26-12-28-70-52(68)45(54(6,7)8)35-53(3,4)5)22-18-39-16-20-41-34-49(67(10)47(41)32-39)44-24-14-37(2)30-51(44)72-57(63,64)65/h13-16,19-20,23-24,29-34,42,45H,11-12,17-18,21-22,25-28,35H2,1-10H3. The van der Waals surface area contributed by atoms with Gasteiger partial charge in [-0.15, -0.1) is 26.3 Å². The number of alkyl halides is 8. The van der Waals surface area contributed by atoms with Crippen LogP contribution in [0.25, 0.3) is 44.3 Å². The van der Waals surface area contributed by atoms with Gasteiger partial charge in [0.15, 0.2) is 0 Å². The van der Waals surface area contributed by atoms with Gasteiger partial charge in [0.1, 0.15) is 11.5 Å². The lowest BCUT2D eigenvalue weighted by Crippen LogP contribution is -2.34. The number of fused-ring (bicyclic) bond motifs is 2. The normalized spacial score (nSPS) is 13.4. The molecule has 0 aliphatic rings. The van der Waals surface area contributed by atoms with Gasteiger partial charge in [0.25, 0.3) is 0 Å². The molecule has 7 nitrogen and oxygen atoms in total. The van der Waals surface area contributed by atoms with Crippen molar-refractivity contribution >= 4 is 27.8 Å². The number of nitrogens with zero attached hydrogens (tertiary/aromatic N) is 2. The molecule has 0 bridgehead atoms. The van der Waals surface area contributed by atoms with Gasteiger partial charge < -0.3 is 28.1 Å². The molecule has 0 saturated heterocycles.